The summed E-state index contributed by atoms with van der Waals surface area (Å²) in [6.45, 7) is 3.89. The topological polar surface area (TPSA) is 96.7 Å². The second kappa shape index (κ2) is 10.2. The Morgan fingerprint density at radius 1 is 1.08 bits per heavy atom. The number of benzene rings is 3. The standard InChI is InChI=1S/C31H26FN5O/c1-3-25-29(22(17-33)18-35-30(25)34)36-19(2)27-16-21-10-8-14-26(20-9-7-11-23(32)15-20)28(21)31(38)37(27)24-12-5-4-6-13-24/h4-16,18-19H,3H2,1-2H3,(H3,34,35,36). The predicted octanol–water partition coefficient (Wildman–Crippen LogP) is 6.38. The Hall–Kier alpha value is -4.96. The van der Waals surface area contributed by atoms with Crippen LogP contribution in [0.5, 0.6) is 0 Å². The van der Waals surface area contributed by atoms with Gasteiger partial charge in [0.2, 0.25) is 0 Å². The van der Waals surface area contributed by atoms with Crippen LogP contribution in [0.1, 0.15) is 36.7 Å². The van der Waals surface area contributed by atoms with Gasteiger partial charge in [-0.15, -0.1) is 0 Å². The molecule has 3 N–H and O–H groups in total. The molecule has 0 aliphatic carbocycles. The number of nitrogen functional groups attached to an aromatic ring is 1. The van der Waals surface area contributed by atoms with Crippen molar-refractivity contribution in [3.05, 3.63) is 118 Å². The molecule has 7 heteroatoms. The third-order valence-corrected chi connectivity index (χ3v) is 6.72. The van der Waals surface area contributed by atoms with E-state index in [1.54, 1.807) is 16.7 Å². The molecule has 2 heterocycles. The molecule has 0 aliphatic heterocycles. The van der Waals surface area contributed by atoms with Gasteiger partial charge in [-0.3, -0.25) is 9.36 Å². The number of halogens is 1. The van der Waals surface area contributed by atoms with Crippen LogP contribution in [0.4, 0.5) is 15.9 Å². The maximum absolute atomic E-state index is 14.2. The van der Waals surface area contributed by atoms with Crippen molar-refractivity contribution >= 4 is 22.3 Å². The number of nitrogens with two attached hydrogens (primary N) is 1. The van der Waals surface area contributed by atoms with Gasteiger partial charge in [0.1, 0.15) is 17.7 Å². The van der Waals surface area contributed by atoms with Crippen LogP contribution in [0.3, 0.4) is 0 Å². The number of nitriles is 1. The molecule has 0 saturated carbocycles. The zero-order valence-corrected chi connectivity index (χ0v) is 21.1. The quantitative estimate of drug-likeness (QED) is 0.280. The van der Waals surface area contributed by atoms with E-state index < -0.39 is 0 Å². The number of nitrogens with one attached hydrogen (secondary N) is 1. The number of hydrogen-bond acceptors (Lipinski definition) is 5. The van der Waals surface area contributed by atoms with Crippen molar-refractivity contribution in [2.45, 2.75) is 26.3 Å². The minimum Gasteiger partial charge on any atom is -0.383 e. The molecule has 38 heavy (non-hydrogen) atoms. The lowest BCUT2D eigenvalue weighted by Crippen LogP contribution is -2.26. The minimum atomic E-state index is -0.385. The fraction of sp³-hybridized carbons (Fsp3) is 0.129. The van der Waals surface area contributed by atoms with Crippen molar-refractivity contribution in [3.63, 3.8) is 0 Å². The molecule has 0 fully saturated rings. The van der Waals surface area contributed by atoms with Gasteiger partial charge < -0.3 is 11.1 Å². The fourth-order valence-electron chi connectivity index (χ4n) is 4.91. The number of anilines is 2. The molecule has 188 valence electrons. The van der Waals surface area contributed by atoms with E-state index in [0.717, 1.165) is 10.9 Å². The Bertz CT molecular complexity index is 1760. The summed E-state index contributed by atoms with van der Waals surface area (Å²) in [5.41, 5.74) is 10.3. The van der Waals surface area contributed by atoms with E-state index in [1.165, 1.54) is 18.3 Å². The average molecular weight is 504 g/mol. The molecule has 0 spiro atoms. The van der Waals surface area contributed by atoms with E-state index >= 15 is 0 Å². The third kappa shape index (κ3) is 4.37. The summed E-state index contributed by atoms with van der Waals surface area (Å²) in [6, 6.07) is 25.0. The van der Waals surface area contributed by atoms with Crippen LogP contribution in [-0.2, 0) is 6.42 Å². The number of fused-ring (bicyclic) bond motifs is 1. The first-order chi connectivity index (χ1) is 18.4. The van der Waals surface area contributed by atoms with Crippen molar-refractivity contribution in [2.24, 2.45) is 0 Å². The molecule has 0 radical (unpaired) electrons. The summed E-state index contributed by atoms with van der Waals surface area (Å²) in [5.74, 6) is -0.00567. The highest BCUT2D eigenvalue weighted by atomic mass is 19.1. The zero-order chi connectivity index (χ0) is 26.8. The SMILES string of the molecule is CCc1c(N)ncc(C#N)c1NC(C)c1cc2cccc(-c3cccc(F)c3)c2c(=O)n1-c1ccccc1. The monoisotopic (exact) mass is 503 g/mol. The van der Waals surface area contributed by atoms with Crippen LogP contribution in [0.15, 0.2) is 89.9 Å². The molecule has 1 atom stereocenters. The molecule has 0 saturated heterocycles. The summed E-state index contributed by atoms with van der Waals surface area (Å²) in [4.78, 5) is 18.4. The van der Waals surface area contributed by atoms with Crippen LogP contribution in [0.25, 0.3) is 27.6 Å². The largest absolute Gasteiger partial charge is 0.383 e. The van der Waals surface area contributed by atoms with E-state index in [-0.39, 0.29) is 17.4 Å². The highest BCUT2D eigenvalue weighted by Gasteiger charge is 2.21. The number of pyridine rings is 2. The van der Waals surface area contributed by atoms with Crippen LogP contribution in [0, 0.1) is 17.1 Å². The Balaban J connectivity index is 1.76. The van der Waals surface area contributed by atoms with E-state index in [1.807, 2.05) is 68.4 Å². The molecule has 3 aromatic carbocycles. The average Bonchev–Trinajstić information content (AvgIpc) is 2.93. The first-order valence-corrected chi connectivity index (χ1v) is 12.4. The second-order valence-electron chi connectivity index (χ2n) is 9.07. The minimum absolute atomic E-state index is 0.220. The van der Waals surface area contributed by atoms with Crippen LogP contribution >= 0.6 is 0 Å². The first-order valence-electron chi connectivity index (χ1n) is 12.4. The first kappa shape index (κ1) is 24.7. The normalized spacial score (nSPS) is 11.7. The summed E-state index contributed by atoms with van der Waals surface area (Å²) in [6.07, 6.45) is 2.04. The van der Waals surface area contributed by atoms with Gasteiger partial charge in [-0.1, -0.05) is 55.5 Å². The Kier molecular flexibility index (Phi) is 6.63. The highest BCUT2D eigenvalue weighted by Crippen LogP contribution is 2.32. The summed E-state index contributed by atoms with van der Waals surface area (Å²) in [5, 5.41) is 14.4. The second-order valence-corrected chi connectivity index (χ2v) is 9.07. The molecular formula is C31H26FN5O. The Labute approximate surface area is 219 Å². The van der Waals surface area contributed by atoms with E-state index in [0.29, 0.717) is 51.4 Å². The highest BCUT2D eigenvalue weighted by molar-refractivity contribution is 5.96. The van der Waals surface area contributed by atoms with Gasteiger partial charge in [0.05, 0.1) is 22.7 Å². The number of para-hydroxylation sites is 1. The third-order valence-electron chi connectivity index (χ3n) is 6.72. The lowest BCUT2D eigenvalue weighted by atomic mass is 9.97. The lowest BCUT2D eigenvalue weighted by Gasteiger charge is -2.24. The summed E-state index contributed by atoms with van der Waals surface area (Å²) < 4.78 is 15.8. The molecular weight excluding hydrogens is 477 g/mol. The van der Waals surface area contributed by atoms with Gasteiger partial charge in [0, 0.05) is 23.1 Å². The number of rotatable bonds is 6. The number of hydrogen-bond donors (Lipinski definition) is 2. The van der Waals surface area contributed by atoms with Crippen molar-refractivity contribution in [2.75, 3.05) is 11.1 Å². The van der Waals surface area contributed by atoms with Crippen LogP contribution in [0.2, 0.25) is 0 Å². The van der Waals surface area contributed by atoms with Crippen molar-refractivity contribution in [3.8, 4) is 22.9 Å². The van der Waals surface area contributed by atoms with Crippen molar-refractivity contribution in [1.29, 1.82) is 5.26 Å². The van der Waals surface area contributed by atoms with Gasteiger partial charge in [-0.25, -0.2) is 9.37 Å². The van der Waals surface area contributed by atoms with E-state index in [4.69, 9.17) is 5.73 Å². The Morgan fingerprint density at radius 2 is 1.84 bits per heavy atom. The Morgan fingerprint density at radius 3 is 2.55 bits per heavy atom. The van der Waals surface area contributed by atoms with Crippen LogP contribution < -0.4 is 16.6 Å². The van der Waals surface area contributed by atoms with Crippen molar-refractivity contribution in [1.82, 2.24) is 9.55 Å². The molecule has 0 bridgehead atoms. The smallest absolute Gasteiger partial charge is 0.263 e. The van der Waals surface area contributed by atoms with Gasteiger partial charge in [0.25, 0.3) is 5.56 Å². The summed E-state index contributed by atoms with van der Waals surface area (Å²) in [7, 11) is 0. The number of aromatic nitrogens is 2. The van der Waals surface area contributed by atoms with E-state index in [9.17, 15) is 14.4 Å². The molecule has 6 nitrogen and oxygen atoms in total. The molecule has 0 aliphatic rings. The fourth-order valence-corrected chi connectivity index (χ4v) is 4.91. The van der Waals surface area contributed by atoms with Crippen LogP contribution in [-0.4, -0.2) is 9.55 Å². The van der Waals surface area contributed by atoms with Crippen molar-refractivity contribution < 1.29 is 4.39 Å². The molecule has 5 aromatic rings. The van der Waals surface area contributed by atoms with Gasteiger partial charge in [0.15, 0.2) is 0 Å². The lowest BCUT2D eigenvalue weighted by molar-refractivity contribution is 0.628. The molecule has 2 aromatic heterocycles. The van der Waals surface area contributed by atoms with Gasteiger partial charge in [-0.05, 0) is 60.2 Å². The van der Waals surface area contributed by atoms with Gasteiger partial charge >= 0.3 is 0 Å². The maximum atomic E-state index is 14.2. The molecule has 1 unspecified atom stereocenters. The predicted molar refractivity (Wildman–Crippen MR) is 150 cm³/mol. The zero-order valence-electron chi connectivity index (χ0n) is 21.1. The van der Waals surface area contributed by atoms with Gasteiger partial charge in [-0.2, -0.15) is 5.26 Å². The summed E-state index contributed by atoms with van der Waals surface area (Å²) >= 11 is 0. The maximum Gasteiger partial charge on any atom is 0.263 e. The molecule has 0 amide bonds. The van der Waals surface area contributed by atoms with E-state index in [2.05, 4.69) is 16.4 Å². The molecule has 5 rings (SSSR count). The number of nitrogens with zero attached hydrogens (tertiary/aromatic N) is 3.